The lowest BCUT2D eigenvalue weighted by Gasteiger charge is -2.06. The summed E-state index contributed by atoms with van der Waals surface area (Å²) in [4.78, 5) is 0. The topological polar surface area (TPSA) is 55.5 Å². The maximum atomic E-state index is 9.15. The van der Waals surface area contributed by atoms with Crippen LogP contribution in [0.15, 0.2) is 53.1 Å². The van der Waals surface area contributed by atoms with Gasteiger partial charge in [0.05, 0.1) is 5.39 Å². The van der Waals surface area contributed by atoms with Crippen molar-refractivity contribution in [3.05, 3.63) is 59.9 Å². The summed E-state index contributed by atoms with van der Waals surface area (Å²) in [5, 5.41) is 13.8. The summed E-state index contributed by atoms with van der Waals surface area (Å²) in [5.74, 6) is 1.19. The molecule has 0 spiro atoms. The summed E-state index contributed by atoms with van der Waals surface area (Å²) in [6, 6.07) is 15.4. The molecule has 1 heterocycles. The van der Waals surface area contributed by atoms with Crippen molar-refractivity contribution in [1.29, 1.82) is 0 Å². The van der Waals surface area contributed by atoms with Gasteiger partial charge in [0, 0.05) is 0 Å². The van der Waals surface area contributed by atoms with Crippen LogP contribution in [0, 0.1) is 0 Å². The highest BCUT2D eigenvalue weighted by atomic mass is 16.5. The van der Waals surface area contributed by atoms with Crippen LogP contribution in [0.5, 0.6) is 5.75 Å². The van der Waals surface area contributed by atoms with E-state index < -0.39 is 0 Å². The number of hydrogen-bond donors (Lipinski definition) is 1. The molecule has 1 N–H and O–H groups in total. The molecule has 0 aliphatic carbocycles. The van der Waals surface area contributed by atoms with E-state index in [4.69, 9.17) is 14.4 Å². The van der Waals surface area contributed by atoms with E-state index in [0.717, 1.165) is 22.2 Å². The predicted molar refractivity (Wildman–Crippen MR) is 70.7 cm³/mol. The smallest absolute Gasteiger partial charge is 0.170 e. The van der Waals surface area contributed by atoms with Crippen LogP contribution in [-0.4, -0.2) is 10.3 Å². The molecule has 4 nitrogen and oxygen atoms in total. The Labute approximate surface area is 110 Å². The molecule has 0 aliphatic heterocycles. The molecule has 3 rings (SSSR count). The first-order valence-electron chi connectivity index (χ1n) is 6.03. The number of fused-ring (bicyclic) bond motifs is 1. The Morgan fingerprint density at radius 1 is 1.11 bits per heavy atom. The second-order valence-electron chi connectivity index (χ2n) is 4.22. The number of rotatable bonds is 4. The zero-order valence-corrected chi connectivity index (χ0v) is 10.2. The Bertz CT molecular complexity index is 676. The van der Waals surface area contributed by atoms with Crippen LogP contribution >= 0.6 is 0 Å². The summed E-state index contributed by atoms with van der Waals surface area (Å²) in [6.07, 6.45) is 0. The largest absolute Gasteiger partial charge is 0.489 e. The molecule has 19 heavy (non-hydrogen) atoms. The summed E-state index contributed by atoms with van der Waals surface area (Å²) >= 11 is 0. The molecule has 0 amide bonds. The number of aromatic nitrogens is 1. The highest BCUT2D eigenvalue weighted by Crippen LogP contribution is 2.24. The zero-order valence-electron chi connectivity index (χ0n) is 10.2. The lowest BCUT2D eigenvalue weighted by molar-refractivity contribution is 0.232. The lowest BCUT2D eigenvalue weighted by atomic mass is 10.2. The van der Waals surface area contributed by atoms with Gasteiger partial charge in [0.2, 0.25) is 0 Å². The molecule has 96 valence electrons. The van der Waals surface area contributed by atoms with Crippen molar-refractivity contribution in [2.75, 3.05) is 0 Å². The lowest BCUT2D eigenvalue weighted by Crippen LogP contribution is -1.94. The van der Waals surface area contributed by atoms with Crippen molar-refractivity contribution in [3.63, 3.8) is 0 Å². The van der Waals surface area contributed by atoms with Crippen LogP contribution in [0.25, 0.3) is 10.9 Å². The van der Waals surface area contributed by atoms with Gasteiger partial charge in [-0.2, -0.15) is 0 Å². The second-order valence-corrected chi connectivity index (χ2v) is 4.22. The molecular formula is C15H13NO3. The van der Waals surface area contributed by atoms with Crippen molar-refractivity contribution in [2.24, 2.45) is 0 Å². The minimum Gasteiger partial charge on any atom is -0.489 e. The maximum Gasteiger partial charge on any atom is 0.170 e. The number of nitrogens with zero attached hydrogens (tertiary/aromatic N) is 1. The Morgan fingerprint density at radius 3 is 2.74 bits per heavy atom. The number of hydrogen-bond acceptors (Lipinski definition) is 4. The van der Waals surface area contributed by atoms with Gasteiger partial charge in [-0.05, 0) is 23.8 Å². The van der Waals surface area contributed by atoms with Crippen LogP contribution in [-0.2, 0) is 13.2 Å². The van der Waals surface area contributed by atoms with Gasteiger partial charge < -0.3 is 14.4 Å². The van der Waals surface area contributed by atoms with Gasteiger partial charge >= 0.3 is 0 Å². The van der Waals surface area contributed by atoms with Gasteiger partial charge in [0.25, 0.3) is 0 Å². The van der Waals surface area contributed by atoms with Gasteiger partial charge in [-0.1, -0.05) is 35.5 Å². The monoisotopic (exact) mass is 255 g/mol. The minimum absolute atomic E-state index is 0.168. The van der Waals surface area contributed by atoms with Crippen molar-refractivity contribution in [3.8, 4) is 5.75 Å². The van der Waals surface area contributed by atoms with E-state index in [2.05, 4.69) is 5.16 Å². The minimum atomic E-state index is -0.168. The number of aliphatic hydroxyl groups is 1. The van der Waals surface area contributed by atoms with Crippen LogP contribution in [0.3, 0.4) is 0 Å². The first kappa shape index (κ1) is 11.7. The Balaban J connectivity index is 1.81. The molecule has 1 aromatic heterocycles. The van der Waals surface area contributed by atoms with Gasteiger partial charge in [-0.25, -0.2) is 0 Å². The van der Waals surface area contributed by atoms with Gasteiger partial charge in [-0.3, -0.25) is 0 Å². The summed E-state index contributed by atoms with van der Waals surface area (Å²) < 4.78 is 10.7. The van der Waals surface area contributed by atoms with Gasteiger partial charge in [0.1, 0.15) is 24.5 Å². The van der Waals surface area contributed by atoms with Crippen LogP contribution in [0.2, 0.25) is 0 Å². The quantitative estimate of drug-likeness (QED) is 0.778. The van der Waals surface area contributed by atoms with E-state index in [1.54, 1.807) is 0 Å². The standard InChI is InChI=1S/C15H13NO3/c17-9-15-13-8-12(6-7-14(13)16-19-15)18-10-11-4-2-1-3-5-11/h1-8,17H,9-10H2. The van der Waals surface area contributed by atoms with E-state index >= 15 is 0 Å². The fourth-order valence-corrected chi connectivity index (χ4v) is 1.92. The third-order valence-corrected chi connectivity index (χ3v) is 2.91. The Kier molecular flexibility index (Phi) is 3.16. The average Bonchev–Trinajstić information content (AvgIpc) is 2.88. The fraction of sp³-hybridized carbons (Fsp3) is 0.133. The van der Waals surface area contributed by atoms with Crippen molar-refractivity contribution < 1.29 is 14.4 Å². The third kappa shape index (κ3) is 2.44. The Hall–Kier alpha value is -2.33. The number of ether oxygens (including phenoxy) is 1. The first-order valence-corrected chi connectivity index (χ1v) is 6.03. The van der Waals surface area contributed by atoms with E-state index in [9.17, 15) is 0 Å². The Morgan fingerprint density at radius 2 is 1.95 bits per heavy atom. The van der Waals surface area contributed by atoms with Gasteiger partial charge in [0.15, 0.2) is 5.76 Å². The van der Waals surface area contributed by atoms with Crippen LogP contribution in [0.1, 0.15) is 11.3 Å². The molecule has 0 aliphatic rings. The van der Waals surface area contributed by atoms with Gasteiger partial charge in [-0.15, -0.1) is 0 Å². The first-order chi connectivity index (χ1) is 9.36. The zero-order chi connectivity index (χ0) is 13.1. The van der Waals surface area contributed by atoms with Crippen LogP contribution < -0.4 is 4.74 Å². The normalized spacial score (nSPS) is 10.8. The van der Waals surface area contributed by atoms with E-state index in [0.29, 0.717) is 12.4 Å². The fourth-order valence-electron chi connectivity index (χ4n) is 1.92. The molecule has 0 bridgehead atoms. The molecule has 0 saturated heterocycles. The molecule has 0 atom stereocenters. The molecule has 0 saturated carbocycles. The van der Waals surface area contributed by atoms with E-state index in [1.165, 1.54) is 0 Å². The second kappa shape index (κ2) is 5.12. The summed E-state index contributed by atoms with van der Waals surface area (Å²) in [6.45, 7) is 0.338. The molecule has 2 aromatic carbocycles. The van der Waals surface area contributed by atoms with E-state index in [-0.39, 0.29) is 6.61 Å². The van der Waals surface area contributed by atoms with E-state index in [1.807, 2.05) is 48.5 Å². The summed E-state index contributed by atoms with van der Waals surface area (Å²) in [5.41, 5.74) is 1.83. The highest BCUT2D eigenvalue weighted by Gasteiger charge is 2.08. The van der Waals surface area contributed by atoms with Crippen molar-refractivity contribution in [1.82, 2.24) is 5.16 Å². The average molecular weight is 255 g/mol. The molecule has 4 heteroatoms. The summed E-state index contributed by atoms with van der Waals surface area (Å²) in [7, 11) is 0. The number of benzene rings is 2. The highest BCUT2D eigenvalue weighted by molar-refractivity contribution is 5.81. The SMILES string of the molecule is OCc1onc2ccc(OCc3ccccc3)cc12. The van der Waals surface area contributed by atoms with Crippen LogP contribution in [0.4, 0.5) is 0 Å². The van der Waals surface area contributed by atoms with Crippen molar-refractivity contribution in [2.45, 2.75) is 13.2 Å². The molecule has 3 aromatic rings. The predicted octanol–water partition coefficient (Wildman–Crippen LogP) is 2.90. The molecule has 0 fully saturated rings. The molecule has 0 radical (unpaired) electrons. The molecular weight excluding hydrogens is 242 g/mol. The molecule has 0 unspecified atom stereocenters. The third-order valence-electron chi connectivity index (χ3n) is 2.91. The maximum absolute atomic E-state index is 9.15. The van der Waals surface area contributed by atoms with Crippen molar-refractivity contribution >= 4 is 10.9 Å². The number of aliphatic hydroxyl groups excluding tert-OH is 1.